The Labute approximate surface area is 218 Å². The quantitative estimate of drug-likeness (QED) is 0.367. The lowest BCUT2D eigenvalue weighted by molar-refractivity contribution is -0.150. The Morgan fingerprint density at radius 1 is 1.19 bits per heavy atom. The minimum Gasteiger partial charge on any atom is -0.480 e. The highest BCUT2D eigenvalue weighted by molar-refractivity contribution is 5.90. The van der Waals surface area contributed by atoms with Crippen molar-refractivity contribution in [2.75, 3.05) is 31.6 Å². The number of nitrogens with one attached hydrogen (secondary N) is 1. The highest BCUT2D eigenvalue weighted by atomic mass is 16.5. The summed E-state index contributed by atoms with van der Waals surface area (Å²) < 4.78 is 8.17. The van der Waals surface area contributed by atoms with Gasteiger partial charge in [-0.2, -0.15) is 5.10 Å². The zero-order chi connectivity index (χ0) is 25.4. The molecule has 1 aliphatic carbocycles. The number of fused-ring (bicyclic) bond motifs is 2. The number of rotatable bonds is 11. The van der Waals surface area contributed by atoms with E-state index in [9.17, 15) is 9.90 Å². The Hall–Kier alpha value is -2.97. The van der Waals surface area contributed by atoms with Crippen LogP contribution in [-0.2, 0) is 22.4 Å². The van der Waals surface area contributed by atoms with E-state index in [0.717, 1.165) is 91.8 Å². The number of aromatic nitrogens is 3. The van der Waals surface area contributed by atoms with Crippen LogP contribution in [-0.4, -0.2) is 63.1 Å². The van der Waals surface area contributed by atoms with E-state index in [1.165, 1.54) is 12.0 Å². The maximum absolute atomic E-state index is 12.4. The second kappa shape index (κ2) is 10.4. The first-order chi connectivity index (χ1) is 18.1. The summed E-state index contributed by atoms with van der Waals surface area (Å²) in [6, 6.07) is 10.2. The van der Waals surface area contributed by atoms with Crippen LogP contribution in [0.5, 0.6) is 0 Å². The molecule has 0 amide bonds. The van der Waals surface area contributed by atoms with Crippen molar-refractivity contribution in [1.82, 2.24) is 19.7 Å². The Morgan fingerprint density at radius 3 is 2.86 bits per heavy atom. The van der Waals surface area contributed by atoms with Crippen molar-refractivity contribution in [1.29, 1.82) is 0 Å². The van der Waals surface area contributed by atoms with Crippen LogP contribution in [0.2, 0.25) is 0 Å². The van der Waals surface area contributed by atoms with Crippen LogP contribution in [0, 0.1) is 6.92 Å². The number of nitrogens with zero attached hydrogens (tertiary/aromatic N) is 4. The fourth-order valence-electron chi connectivity index (χ4n) is 5.85. The summed E-state index contributed by atoms with van der Waals surface area (Å²) in [7, 11) is 0. The number of likely N-dealkylation sites (tertiary alicyclic amines) is 1. The SMILES string of the molecule is Cc1nn(C2CC2)c2cccc(C(C(=O)O)N3CC(OCCCCCc4ccc5c(n4)NCCC5)C3)c12. The average Bonchev–Trinajstić information content (AvgIpc) is 3.67. The van der Waals surface area contributed by atoms with Gasteiger partial charge in [0.1, 0.15) is 11.9 Å². The fraction of sp³-hybridized carbons (Fsp3) is 0.552. The van der Waals surface area contributed by atoms with Crippen molar-refractivity contribution in [2.45, 2.75) is 76.5 Å². The first-order valence-electron chi connectivity index (χ1n) is 13.9. The van der Waals surface area contributed by atoms with Gasteiger partial charge in [0.25, 0.3) is 0 Å². The molecule has 1 saturated heterocycles. The molecule has 4 heterocycles. The number of carboxylic acid groups (broad SMARTS) is 1. The molecule has 1 saturated carbocycles. The molecule has 2 aliphatic heterocycles. The summed E-state index contributed by atoms with van der Waals surface area (Å²) in [5, 5.41) is 19.3. The monoisotopic (exact) mass is 503 g/mol. The molecule has 3 aromatic rings. The van der Waals surface area contributed by atoms with Gasteiger partial charge in [-0.05, 0) is 75.1 Å². The molecule has 0 radical (unpaired) electrons. The van der Waals surface area contributed by atoms with Crippen molar-refractivity contribution >= 4 is 22.7 Å². The lowest BCUT2D eigenvalue weighted by Gasteiger charge is -2.42. The van der Waals surface area contributed by atoms with Crippen molar-refractivity contribution in [3.8, 4) is 0 Å². The molecule has 1 atom stereocenters. The van der Waals surface area contributed by atoms with Crippen LogP contribution in [0.25, 0.3) is 10.9 Å². The second-order valence-electron chi connectivity index (χ2n) is 10.8. The average molecular weight is 504 g/mol. The van der Waals surface area contributed by atoms with Gasteiger partial charge in [0.2, 0.25) is 0 Å². The summed E-state index contributed by atoms with van der Waals surface area (Å²) >= 11 is 0. The van der Waals surface area contributed by atoms with Crippen molar-refractivity contribution in [2.24, 2.45) is 0 Å². The van der Waals surface area contributed by atoms with E-state index < -0.39 is 12.0 Å². The van der Waals surface area contributed by atoms with Gasteiger partial charge >= 0.3 is 5.97 Å². The van der Waals surface area contributed by atoms with Crippen molar-refractivity contribution in [3.63, 3.8) is 0 Å². The molecule has 6 rings (SSSR count). The number of hydrogen-bond acceptors (Lipinski definition) is 6. The number of aliphatic carboxylic acids is 1. The van der Waals surface area contributed by atoms with E-state index in [4.69, 9.17) is 14.8 Å². The number of anilines is 1. The molecule has 8 heteroatoms. The minimum atomic E-state index is -0.810. The molecule has 8 nitrogen and oxygen atoms in total. The number of pyridine rings is 1. The maximum atomic E-state index is 12.4. The third-order valence-electron chi connectivity index (χ3n) is 7.99. The van der Waals surface area contributed by atoms with Gasteiger partial charge in [0, 0.05) is 37.3 Å². The lowest BCUT2D eigenvalue weighted by Crippen LogP contribution is -2.55. The van der Waals surface area contributed by atoms with Gasteiger partial charge in [0.15, 0.2) is 0 Å². The summed E-state index contributed by atoms with van der Waals surface area (Å²) in [4.78, 5) is 19.2. The zero-order valence-corrected chi connectivity index (χ0v) is 21.7. The number of hydrogen-bond donors (Lipinski definition) is 2. The fourth-order valence-corrected chi connectivity index (χ4v) is 5.85. The van der Waals surface area contributed by atoms with Crippen LogP contribution < -0.4 is 5.32 Å². The predicted molar refractivity (Wildman–Crippen MR) is 143 cm³/mol. The van der Waals surface area contributed by atoms with Crippen LogP contribution in [0.15, 0.2) is 30.3 Å². The second-order valence-corrected chi connectivity index (χ2v) is 10.8. The number of benzene rings is 1. The summed E-state index contributed by atoms with van der Waals surface area (Å²) in [5.74, 6) is 0.264. The molecule has 1 aromatic carbocycles. The third-order valence-corrected chi connectivity index (χ3v) is 7.99. The van der Waals surface area contributed by atoms with Crippen LogP contribution in [0.4, 0.5) is 5.82 Å². The number of unbranched alkanes of at least 4 members (excludes halogenated alkanes) is 2. The van der Waals surface area contributed by atoms with E-state index in [0.29, 0.717) is 19.1 Å². The molecule has 2 aromatic heterocycles. The number of ether oxygens (including phenoxy) is 1. The molecular weight excluding hydrogens is 466 g/mol. The van der Waals surface area contributed by atoms with E-state index >= 15 is 0 Å². The largest absolute Gasteiger partial charge is 0.480 e. The Morgan fingerprint density at radius 2 is 2.05 bits per heavy atom. The van der Waals surface area contributed by atoms with E-state index in [2.05, 4.69) is 28.2 Å². The van der Waals surface area contributed by atoms with Crippen molar-refractivity contribution < 1.29 is 14.6 Å². The molecule has 2 fully saturated rings. The van der Waals surface area contributed by atoms with Crippen LogP contribution >= 0.6 is 0 Å². The van der Waals surface area contributed by atoms with Gasteiger partial charge < -0.3 is 15.2 Å². The van der Waals surface area contributed by atoms with Crippen molar-refractivity contribution in [3.05, 3.63) is 52.8 Å². The van der Waals surface area contributed by atoms with Gasteiger partial charge in [-0.1, -0.05) is 24.6 Å². The van der Waals surface area contributed by atoms with Gasteiger partial charge in [-0.3, -0.25) is 14.4 Å². The maximum Gasteiger partial charge on any atom is 0.325 e. The predicted octanol–water partition coefficient (Wildman–Crippen LogP) is 4.67. The Kier molecular flexibility index (Phi) is 6.86. The Balaban J connectivity index is 0.973. The number of carbonyl (C=O) groups is 1. The van der Waals surface area contributed by atoms with E-state index in [1.807, 2.05) is 24.0 Å². The van der Waals surface area contributed by atoms with Crippen LogP contribution in [0.1, 0.15) is 73.1 Å². The van der Waals surface area contributed by atoms with E-state index in [1.54, 1.807) is 0 Å². The molecule has 37 heavy (non-hydrogen) atoms. The molecular formula is C29H37N5O3. The first-order valence-corrected chi connectivity index (χ1v) is 13.9. The molecule has 1 unspecified atom stereocenters. The minimum absolute atomic E-state index is 0.102. The molecule has 0 spiro atoms. The van der Waals surface area contributed by atoms with Gasteiger partial charge in [-0.15, -0.1) is 0 Å². The molecule has 3 aliphatic rings. The normalized spacial score (nSPS) is 18.8. The number of aryl methyl sites for hydroxylation is 3. The highest BCUT2D eigenvalue weighted by Crippen LogP contribution is 2.40. The molecule has 0 bridgehead atoms. The standard InChI is InChI=1S/C29H37N5O3/c1-19-26-24(9-5-10-25(26)34(32-19)22-13-14-22)27(29(35)36)33-17-23(18-33)37-16-4-2-3-8-21-12-11-20-7-6-15-30-28(20)31-21/h5,9-12,22-23,27H,2-4,6-8,13-18H2,1H3,(H,30,31)(H,35,36). The first kappa shape index (κ1) is 24.4. The topological polar surface area (TPSA) is 92.5 Å². The highest BCUT2D eigenvalue weighted by Gasteiger charge is 2.39. The van der Waals surface area contributed by atoms with E-state index in [-0.39, 0.29) is 6.10 Å². The van der Waals surface area contributed by atoms with Gasteiger partial charge in [0.05, 0.1) is 23.4 Å². The number of carboxylic acids is 1. The third kappa shape index (κ3) is 5.09. The Bertz CT molecular complexity index is 1280. The summed E-state index contributed by atoms with van der Waals surface area (Å²) in [5.41, 5.74) is 5.32. The summed E-state index contributed by atoms with van der Waals surface area (Å²) in [6.07, 6.45) is 8.93. The zero-order valence-electron chi connectivity index (χ0n) is 21.7. The van der Waals surface area contributed by atoms with Crippen LogP contribution in [0.3, 0.4) is 0 Å². The molecule has 2 N–H and O–H groups in total. The summed E-state index contributed by atoms with van der Waals surface area (Å²) in [6.45, 7) is 5.03. The smallest absolute Gasteiger partial charge is 0.325 e. The molecule has 196 valence electrons. The lowest BCUT2D eigenvalue weighted by atomic mass is 9.96. The van der Waals surface area contributed by atoms with Gasteiger partial charge in [-0.25, -0.2) is 4.98 Å².